The molecule has 2 N–H and O–H groups in total. The van der Waals surface area contributed by atoms with Crippen molar-refractivity contribution in [1.29, 1.82) is 0 Å². The van der Waals surface area contributed by atoms with Crippen molar-refractivity contribution in [1.82, 2.24) is 14.7 Å². The van der Waals surface area contributed by atoms with E-state index in [0.717, 1.165) is 30.0 Å². The minimum atomic E-state index is -0.103. The molecule has 0 spiro atoms. The molecule has 0 atom stereocenters. The molecule has 0 fully saturated rings. The summed E-state index contributed by atoms with van der Waals surface area (Å²) in [5.74, 6) is 0.542. The van der Waals surface area contributed by atoms with Crippen LogP contribution >= 0.6 is 0 Å². The molecule has 6 heteroatoms. The van der Waals surface area contributed by atoms with E-state index in [1.165, 1.54) is 5.56 Å². The Morgan fingerprint density at radius 1 is 1.00 bits per heavy atom. The number of imidazole rings is 1. The van der Waals surface area contributed by atoms with E-state index in [0.29, 0.717) is 24.5 Å². The number of ether oxygens (including phenoxy) is 1. The first-order valence-electron chi connectivity index (χ1n) is 10.4. The number of benzene rings is 2. The van der Waals surface area contributed by atoms with Gasteiger partial charge in [-0.3, -0.25) is 4.79 Å². The van der Waals surface area contributed by atoms with Gasteiger partial charge in [0.1, 0.15) is 18.0 Å². The third kappa shape index (κ3) is 5.63. The predicted octanol–water partition coefficient (Wildman–Crippen LogP) is 4.45. The van der Waals surface area contributed by atoms with E-state index >= 15 is 0 Å². The Hall–Kier alpha value is -3.80. The van der Waals surface area contributed by atoms with Gasteiger partial charge in [0.25, 0.3) is 5.91 Å². The molecular formula is C25H26N4O2. The van der Waals surface area contributed by atoms with Gasteiger partial charge in [-0.25, -0.2) is 4.98 Å². The van der Waals surface area contributed by atoms with Gasteiger partial charge < -0.3 is 19.8 Å². The number of carbonyl (C=O) groups is 1. The number of anilines is 1. The van der Waals surface area contributed by atoms with Crippen LogP contribution in [0, 0.1) is 6.92 Å². The van der Waals surface area contributed by atoms with E-state index in [1.807, 2.05) is 78.3 Å². The molecule has 2 aromatic carbocycles. The Bertz CT molecular complexity index is 1150. The molecule has 0 unspecified atom stereocenters. The molecule has 1 amide bonds. The van der Waals surface area contributed by atoms with E-state index in [-0.39, 0.29) is 5.91 Å². The van der Waals surface area contributed by atoms with Gasteiger partial charge in [0.05, 0.1) is 5.69 Å². The van der Waals surface area contributed by atoms with Gasteiger partial charge >= 0.3 is 0 Å². The minimum absolute atomic E-state index is 0.103. The van der Waals surface area contributed by atoms with Crippen molar-refractivity contribution in [3.63, 3.8) is 0 Å². The molecule has 2 heterocycles. The molecule has 2 aromatic heterocycles. The number of aryl methyl sites for hydroxylation is 1. The van der Waals surface area contributed by atoms with E-state index < -0.39 is 0 Å². The first-order valence-corrected chi connectivity index (χ1v) is 10.4. The normalized spacial score (nSPS) is 10.7. The number of carbonyl (C=O) groups excluding carboxylic acids is 1. The van der Waals surface area contributed by atoms with Gasteiger partial charge in [0.15, 0.2) is 0 Å². The molecular weight excluding hydrogens is 388 g/mol. The van der Waals surface area contributed by atoms with Crippen LogP contribution in [0.5, 0.6) is 5.75 Å². The molecule has 0 saturated heterocycles. The van der Waals surface area contributed by atoms with E-state index in [1.54, 1.807) is 12.1 Å². The summed E-state index contributed by atoms with van der Waals surface area (Å²) in [5.41, 5.74) is 4.57. The third-order valence-electron chi connectivity index (χ3n) is 4.87. The lowest BCUT2D eigenvalue weighted by Crippen LogP contribution is -2.25. The fourth-order valence-corrected chi connectivity index (χ4v) is 3.29. The first-order chi connectivity index (χ1) is 15.2. The molecule has 0 radical (unpaired) electrons. The molecule has 158 valence electrons. The van der Waals surface area contributed by atoms with Gasteiger partial charge in [-0.2, -0.15) is 0 Å². The summed E-state index contributed by atoms with van der Waals surface area (Å²) < 4.78 is 7.86. The van der Waals surface area contributed by atoms with Crippen molar-refractivity contribution in [2.75, 3.05) is 18.4 Å². The Kier molecular flexibility index (Phi) is 6.47. The van der Waals surface area contributed by atoms with Gasteiger partial charge in [0, 0.05) is 36.7 Å². The molecule has 0 bridgehead atoms. The zero-order chi connectivity index (χ0) is 21.5. The van der Waals surface area contributed by atoms with Crippen molar-refractivity contribution < 1.29 is 9.53 Å². The molecule has 0 saturated carbocycles. The number of hydrogen-bond acceptors (Lipinski definition) is 4. The van der Waals surface area contributed by atoms with E-state index in [4.69, 9.17) is 4.74 Å². The monoisotopic (exact) mass is 414 g/mol. The second-order valence-corrected chi connectivity index (χ2v) is 7.42. The van der Waals surface area contributed by atoms with Gasteiger partial charge in [-0.05, 0) is 55.3 Å². The third-order valence-corrected chi connectivity index (χ3v) is 4.87. The molecule has 4 aromatic rings. The predicted molar refractivity (Wildman–Crippen MR) is 123 cm³/mol. The summed E-state index contributed by atoms with van der Waals surface area (Å²) in [6.07, 6.45) is 4.83. The smallest absolute Gasteiger partial charge is 0.251 e. The van der Waals surface area contributed by atoms with Gasteiger partial charge in [-0.1, -0.05) is 30.3 Å². The zero-order valence-corrected chi connectivity index (χ0v) is 17.5. The van der Waals surface area contributed by atoms with Crippen LogP contribution in [-0.4, -0.2) is 28.4 Å². The van der Waals surface area contributed by atoms with Crippen LogP contribution in [0.1, 0.15) is 28.0 Å². The minimum Gasteiger partial charge on any atom is -0.487 e. The Morgan fingerprint density at radius 2 is 1.87 bits per heavy atom. The van der Waals surface area contributed by atoms with Gasteiger partial charge in [-0.15, -0.1) is 0 Å². The fourth-order valence-electron chi connectivity index (χ4n) is 3.29. The zero-order valence-electron chi connectivity index (χ0n) is 17.5. The molecule has 0 aliphatic rings. The average Bonchev–Trinajstić information content (AvgIpc) is 3.20. The van der Waals surface area contributed by atoms with E-state index in [9.17, 15) is 4.79 Å². The molecule has 31 heavy (non-hydrogen) atoms. The second kappa shape index (κ2) is 9.80. The highest BCUT2D eigenvalue weighted by Gasteiger charge is 2.08. The lowest BCUT2D eigenvalue weighted by Gasteiger charge is -2.09. The topological polar surface area (TPSA) is 67.7 Å². The van der Waals surface area contributed by atoms with Crippen molar-refractivity contribution in [3.05, 3.63) is 95.9 Å². The quantitative estimate of drug-likeness (QED) is 0.397. The first kappa shape index (κ1) is 20.5. The summed E-state index contributed by atoms with van der Waals surface area (Å²) >= 11 is 0. The second-order valence-electron chi connectivity index (χ2n) is 7.42. The van der Waals surface area contributed by atoms with Crippen LogP contribution in [-0.2, 0) is 6.61 Å². The lowest BCUT2D eigenvalue weighted by atomic mass is 10.2. The Morgan fingerprint density at radius 3 is 2.74 bits per heavy atom. The molecule has 0 aliphatic carbocycles. The Balaban J connectivity index is 1.25. The summed E-state index contributed by atoms with van der Waals surface area (Å²) in [4.78, 5) is 17.0. The van der Waals surface area contributed by atoms with Crippen LogP contribution in [0.3, 0.4) is 0 Å². The van der Waals surface area contributed by atoms with Crippen LogP contribution in [0.15, 0.2) is 79.1 Å². The van der Waals surface area contributed by atoms with Gasteiger partial charge in [0.2, 0.25) is 0 Å². The number of rotatable bonds is 9. The molecule has 4 rings (SSSR count). The summed E-state index contributed by atoms with van der Waals surface area (Å²) in [7, 11) is 0. The highest BCUT2D eigenvalue weighted by Crippen LogP contribution is 2.16. The maximum atomic E-state index is 12.5. The fraction of sp³-hybridized carbons (Fsp3) is 0.200. The van der Waals surface area contributed by atoms with Crippen LogP contribution in [0.4, 0.5) is 5.69 Å². The summed E-state index contributed by atoms with van der Waals surface area (Å²) in [6, 6.07) is 21.3. The van der Waals surface area contributed by atoms with Crippen LogP contribution in [0.25, 0.3) is 5.65 Å². The Labute approximate surface area is 181 Å². The number of hydrogen-bond donors (Lipinski definition) is 2. The van der Waals surface area contributed by atoms with Crippen LogP contribution in [0.2, 0.25) is 0 Å². The molecule has 6 nitrogen and oxygen atoms in total. The number of nitrogens with one attached hydrogen (secondary N) is 2. The number of nitrogens with zero attached hydrogens (tertiary/aromatic N) is 2. The average molecular weight is 415 g/mol. The van der Waals surface area contributed by atoms with Crippen molar-refractivity contribution in [2.45, 2.75) is 20.0 Å². The molecule has 0 aliphatic heterocycles. The summed E-state index contributed by atoms with van der Waals surface area (Å²) in [6.45, 7) is 3.79. The number of para-hydroxylation sites is 1. The van der Waals surface area contributed by atoms with Crippen molar-refractivity contribution in [2.24, 2.45) is 0 Å². The summed E-state index contributed by atoms with van der Waals surface area (Å²) in [5, 5.41) is 6.29. The number of fused-ring (bicyclic) bond motifs is 1. The highest BCUT2D eigenvalue weighted by molar-refractivity contribution is 5.94. The maximum absolute atomic E-state index is 12.5. The van der Waals surface area contributed by atoms with Crippen molar-refractivity contribution in [3.8, 4) is 5.75 Å². The van der Waals surface area contributed by atoms with Crippen molar-refractivity contribution >= 4 is 17.2 Å². The number of aromatic nitrogens is 2. The van der Waals surface area contributed by atoms with E-state index in [2.05, 4.69) is 15.6 Å². The highest BCUT2D eigenvalue weighted by atomic mass is 16.5. The number of pyridine rings is 1. The standard InChI is InChI=1S/C25H26N4O2/c1-19-11-12-24-28-22(17-29(24)16-19)18-31-23-10-5-7-20(15-23)25(30)27-14-6-13-26-21-8-3-2-4-9-21/h2-5,7-12,15-17,26H,6,13-14,18H2,1H3,(H,27,30). The lowest BCUT2D eigenvalue weighted by molar-refractivity contribution is 0.0953. The maximum Gasteiger partial charge on any atom is 0.251 e. The number of amides is 1. The largest absolute Gasteiger partial charge is 0.487 e. The van der Waals surface area contributed by atoms with Crippen LogP contribution < -0.4 is 15.4 Å². The SMILES string of the molecule is Cc1ccc2nc(COc3cccc(C(=O)NCCCNc4ccccc4)c3)cn2c1.